The molecule has 0 aliphatic carbocycles. The van der Waals surface area contributed by atoms with Crippen molar-refractivity contribution >= 4 is 11.5 Å². The molecule has 0 radical (unpaired) electrons. The molecule has 0 aliphatic rings. The van der Waals surface area contributed by atoms with Gasteiger partial charge in [-0.3, -0.25) is 4.79 Å². The summed E-state index contributed by atoms with van der Waals surface area (Å²) in [6.07, 6.45) is 1.60. The first-order valence-corrected chi connectivity index (χ1v) is 10.2. The molecule has 0 spiro atoms. The Morgan fingerprint density at radius 1 is 1.06 bits per heavy atom. The van der Waals surface area contributed by atoms with Crippen LogP contribution >= 0.6 is 0 Å². The first-order valence-electron chi connectivity index (χ1n) is 10.2. The molecule has 10 nitrogen and oxygen atoms in total. The fourth-order valence-electron chi connectivity index (χ4n) is 3.40. The Morgan fingerprint density at radius 3 is 2.36 bits per heavy atom. The average Bonchev–Trinajstić information content (AvgIpc) is 3.28. The molecule has 0 amide bonds. The first-order chi connectivity index (χ1) is 15.7. The van der Waals surface area contributed by atoms with Crippen LogP contribution in [0.4, 0.5) is 11.5 Å². The molecular weight excluding hydrogens is 420 g/mol. The van der Waals surface area contributed by atoms with E-state index in [1.807, 2.05) is 26.8 Å². The van der Waals surface area contributed by atoms with Crippen LogP contribution in [0.5, 0.6) is 5.88 Å². The molecule has 0 bridgehead atoms. The van der Waals surface area contributed by atoms with Gasteiger partial charge in [0.05, 0.1) is 11.4 Å². The first kappa shape index (κ1) is 21.7. The van der Waals surface area contributed by atoms with Crippen LogP contribution < -0.4 is 5.56 Å². The van der Waals surface area contributed by atoms with Gasteiger partial charge >= 0.3 is 0 Å². The van der Waals surface area contributed by atoms with Crippen molar-refractivity contribution in [3.63, 3.8) is 0 Å². The second kappa shape index (κ2) is 8.20. The largest absolute Gasteiger partial charge is 0.492 e. The van der Waals surface area contributed by atoms with Crippen molar-refractivity contribution in [2.24, 2.45) is 17.3 Å². The maximum absolute atomic E-state index is 12.8. The monoisotopic (exact) mass is 442 g/mol. The molecule has 3 aromatic heterocycles. The Hall–Kier alpha value is -4.52. The lowest BCUT2D eigenvalue weighted by atomic mass is 9.90. The van der Waals surface area contributed by atoms with Crippen LogP contribution in [-0.4, -0.2) is 29.2 Å². The fraction of sp³-hybridized carbons (Fsp3) is 0.217. The van der Waals surface area contributed by atoms with E-state index in [9.17, 15) is 15.2 Å². The van der Waals surface area contributed by atoms with Crippen molar-refractivity contribution in [2.75, 3.05) is 0 Å². The number of nitriles is 1. The minimum atomic E-state index is -0.543. The summed E-state index contributed by atoms with van der Waals surface area (Å²) in [5.41, 5.74) is 0.0704. The molecule has 4 aromatic rings. The van der Waals surface area contributed by atoms with E-state index in [2.05, 4.69) is 26.4 Å². The number of hydrogen-bond acceptors (Lipinski definition) is 7. The van der Waals surface area contributed by atoms with E-state index < -0.39 is 11.0 Å². The van der Waals surface area contributed by atoms with Gasteiger partial charge in [-0.2, -0.15) is 15.0 Å². The molecule has 1 N–H and O–H groups in total. The van der Waals surface area contributed by atoms with Gasteiger partial charge in [-0.05, 0) is 24.3 Å². The normalized spacial score (nSPS) is 11.7. The average molecular weight is 442 g/mol. The Bertz CT molecular complexity index is 1430. The molecule has 0 atom stereocenters. The van der Waals surface area contributed by atoms with Gasteiger partial charge in [-0.25, -0.2) is 14.3 Å². The lowest BCUT2D eigenvalue weighted by Gasteiger charge is -2.14. The van der Waals surface area contributed by atoms with Crippen molar-refractivity contribution in [1.29, 1.82) is 5.26 Å². The number of aromatic hydroxyl groups is 1. The van der Waals surface area contributed by atoms with E-state index >= 15 is 0 Å². The number of nitrogens with zero attached hydrogens (tertiary/aromatic N) is 8. The Kier molecular flexibility index (Phi) is 5.39. The fourth-order valence-corrected chi connectivity index (χ4v) is 3.40. The van der Waals surface area contributed by atoms with Gasteiger partial charge in [-0.15, -0.1) is 10.2 Å². The van der Waals surface area contributed by atoms with Crippen molar-refractivity contribution in [2.45, 2.75) is 26.2 Å². The van der Waals surface area contributed by atoms with Gasteiger partial charge in [0.2, 0.25) is 11.6 Å². The van der Waals surface area contributed by atoms with Crippen molar-refractivity contribution in [1.82, 2.24) is 24.1 Å². The number of rotatable bonds is 4. The predicted molar refractivity (Wildman–Crippen MR) is 122 cm³/mol. The maximum Gasteiger partial charge on any atom is 0.298 e. The highest BCUT2D eigenvalue weighted by molar-refractivity contribution is 5.57. The molecule has 4 rings (SSSR count). The molecule has 0 unspecified atom stereocenters. The van der Waals surface area contributed by atoms with Crippen LogP contribution in [0.1, 0.15) is 32.0 Å². The van der Waals surface area contributed by atoms with E-state index in [1.165, 1.54) is 21.1 Å². The standard InChI is InChI=1S/C23H22N8O2/c1-23(2,3)19-16(14-24)20(30(28-19)17-12-8-9-13-25-17)27-26-18-21(32)29(4)31(22(18)33)15-10-6-5-7-11-15/h5-13,33H,1-4H3. The summed E-state index contributed by atoms with van der Waals surface area (Å²) in [6, 6.07) is 16.3. The van der Waals surface area contributed by atoms with Gasteiger partial charge in [0, 0.05) is 18.7 Å². The minimum absolute atomic E-state index is 0.120. The third-order valence-corrected chi connectivity index (χ3v) is 5.00. The summed E-state index contributed by atoms with van der Waals surface area (Å²) in [4.78, 5) is 17.1. The zero-order valence-electron chi connectivity index (χ0n) is 18.6. The summed E-state index contributed by atoms with van der Waals surface area (Å²) in [5.74, 6) is 0.198. The van der Waals surface area contributed by atoms with Crippen LogP contribution in [0, 0.1) is 11.3 Å². The van der Waals surface area contributed by atoms with Crippen molar-refractivity contribution in [3.8, 4) is 23.5 Å². The molecule has 0 fully saturated rings. The highest BCUT2D eigenvalue weighted by Crippen LogP contribution is 2.34. The second-order valence-corrected chi connectivity index (χ2v) is 8.36. The second-order valence-electron chi connectivity index (χ2n) is 8.36. The third kappa shape index (κ3) is 3.80. The number of aromatic nitrogens is 5. The van der Waals surface area contributed by atoms with Crippen LogP contribution in [0.25, 0.3) is 11.5 Å². The molecule has 0 aliphatic heterocycles. The van der Waals surface area contributed by atoms with Crippen LogP contribution in [0.2, 0.25) is 0 Å². The van der Waals surface area contributed by atoms with E-state index in [1.54, 1.807) is 48.7 Å². The smallest absolute Gasteiger partial charge is 0.298 e. The third-order valence-electron chi connectivity index (χ3n) is 5.00. The Balaban J connectivity index is 1.90. The Labute approximate surface area is 189 Å². The molecule has 3 heterocycles. The summed E-state index contributed by atoms with van der Waals surface area (Å²) >= 11 is 0. The molecule has 0 saturated heterocycles. The zero-order chi connectivity index (χ0) is 23.8. The highest BCUT2D eigenvalue weighted by atomic mass is 16.3. The maximum atomic E-state index is 12.8. The van der Waals surface area contributed by atoms with Gasteiger partial charge < -0.3 is 5.11 Å². The molecular formula is C23H22N8O2. The predicted octanol–water partition coefficient (Wildman–Crippen LogP) is 4.05. The SMILES string of the molecule is Cn1c(=O)c(N=Nc2c(C#N)c(C(C)(C)C)nn2-c2ccccn2)c(O)n1-c1ccccc1. The minimum Gasteiger partial charge on any atom is -0.492 e. The van der Waals surface area contributed by atoms with E-state index in [0.717, 1.165) is 0 Å². The summed E-state index contributed by atoms with van der Waals surface area (Å²) in [6.45, 7) is 5.80. The number of pyridine rings is 1. The highest BCUT2D eigenvalue weighted by Gasteiger charge is 2.28. The summed E-state index contributed by atoms with van der Waals surface area (Å²) < 4.78 is 3.98. The molecule has 166 valence electrons. The summed E-state index contributed by atoms with van der Waals surface area (Å²) in [5, 5.41) is 33.5. The van der Waals surface area contributed by atoms with Gasteiger partial charge in [-0.1, -0.05) is 45.0 Å². The number of azo groups is 1. The Morgan fingerprint density at radius 2 is 1.76 bits per heavy atom. The van der Waals surface area contributed by atoms with Gasteiger partial charge in [0.15, 0.2) is 11.6 Å². The molecule has 1 aromatic carbocycles. The van der Waals surface area contributed by atoms with E-state index in [4.69, 9.17) is 0 Å². The van der Waals surface area contributed by atoms with Crippen LogP contribution in [-0.2, 0) is 12.5 Å². The topological polar surface area (TPSA) is 126 Å². The quantitative estimate of drug-likeness (QED) is 0.477. The lowest BCUT2D eigenvalue weighted by molar-refractivity contribution is 0.418. The van der Waals surface area contributed by atoms with Crippen LogP contribution in [0.3, 0.4) is 0 Å². The van der Waals surface area contributed by atoms with E-state index in [0.29, 0.717) is 17.2 Å². The van der Waals surface area contributed by atoms with Gasteiger partial charge in [0.25, 0.3) is 5.56 Å². The van der Waals surface area contributed by atoms with Crippen molar-refractivity contribution < 1.29 is 5.11 Å². The summed E-state index contributed by atoms with van der Waals surface area (Å²) in [7, 11) is 1.52. The van der Waals surface area contributed by atoms with Gasteiger partial charge in [0.1, 0.15) is 11.6 Å². The van der Waals surface area contributed by atoms with Crippen molar-refractivity contribution in [3.05, 3.63) is 76.3 Å². The number of para-hydroxylation sites is 1. The zero-order valence-corrected chi connectivity index (χ0v) is 18.6. The lowest BCUT2D eigenvalue weighted by Crippen LogP contribution is -2.17. The number of benzene rings is 1. The molecule has 10 heteroatoms. The molecule has 33 heavy (non-hydrogen) atoms. The van der Waals surface area contributed by atoms with E-state index in [-0.39, 0.29) is 22.9 Å². The number of hydrogen-bond donors (Lipinski definition) is 1. The molecule has 0 saturated carbocycles. The van der Waals surface area contributed by atoms with Crippen LogP contribution in [0.15, 0.2) is 69.8 Å².